The summed E-state index contributed by atoms with van der Waals surface area (Å²) in [5, 5.41) is 9.86. The van der Waals surface area contributed by atoms with E-state index < -0.39 is 0 Å². The maximum Gasteiger partial charge on any atom is 0.160 e. The van der Waals surface area contributed by atoms with Gasteiger partial charge in [-0.2, -0.15) is 0 Å². The second-order valence-corrected chi connectivity index (χ2v) is 5.88. The lowest BCUT2D eigenvalue weighted by Crippen LogP contribution is -2.41. The quantitative estimate of drug-likeness (QED) is 0.907. The number of phenols is 1. The molecule has 1 N–H and O–H groups in total. The zero-order valence-corrected chi connectivity index (χ0v) is 11.6. The summed E-state index contributed by atoms with van der Waals surface area (Å²) in [5.74, 6) is 1.72. The number of hydrogen-bond donors (Lipinski definition) is 1. The molecule has 104 valence electrons. The minimum absolute atomic E-state index is 0.250. The number of fused-ring (bicyclic) bond motifs is 1. The molecule has 0 spiro atoms. The van der Waals surface area contributed by atoms with Crippen molar-refractivity contribution in [1.82, 2.24) is 4.90 Å². The van der Waals surface area contributed by atoms with E-state index in [1.54, 1.807) is 7.11 Å². The third kappa shape index (κ3) is 2.57. The number of nitrogens with zero attached hydrogens (tertiary/aromatic N) is 1. The van der Waals surface area contributed by atoms with Gasteiger partial charge in [0.05, 0.1) is 7.11 Å². The van der Waals surface area contributed by atoms with Crippen molar-refractivity contribution < 1.29 is 9.84 Å². The van der Waals surface area contributed by atoms with E-state index in [9.17, 15) is 5.11 Å². The number of rotatable bonds is 3. The molecular weight excluding hydrogens is 238 g/mol. The van der Waals surface area contributed by atoms with Gasteiger partial charge in [-0.15, -0.1) is 0 Å². The zero-order valence-electron chi connectivity index (χ0n) is 11.6. The number of ether oxygens (including phenoxy) is 1. The molecule has 1 aliphatic carbocycles. The third-order valence-electron chi connectivity index (χ3n) is 4.74. The fourth-order valence-corrected chi connectivity index (χ4v) is 3.82. The molecule has 1 heterocycles. The minimum Gasteiger partial charge on any atom is -0.504 e. The van der Waals surface area contributed by atoms with E-state index in [1.807, 2.05) is 12.1 Å². The van der Waals surface area contributed by atoms with Crippen LogP contribution in [-0.2, 0) is 6.54 Å². The Morgan fingerprint density at radius 3 is 2.89 bits per heavy atom. The average Bonchev–Trinajstić information content (AvgIpc) is 2.88. The first-order valence-corrected chi connectivity index (χ1v) is 7.38. The molecule has 0 aromatic heterocycles. The summed E-state index contributed by atoms with van der Waals surface area (Å²) < 4.78 is 5.10. The highest BCUT2D eigenvalue weighted by atomic mass is 16.5. The molecule has 0 bridgehead atoms. The lowest BCUT2D eigenvalue weighted by molar-refractivity contribution is 0.106. The van der Waals surface area contributed by atoms with Crippen molar-refractivity contribution in [3.63, 3.8) is 0 Å². The fraction of sp³-hybridized carbons (Fsp3) is 0.625. The highest BCUT2D eigenvalue weighted by molar-refractivity contribution is 5.41. The SMILES string of the molecule is COc1ccc(CN2CCCC3CCCC32)cc1O. The van der Waals surface area contributed by atoms with Gasteiger partial charge < -0.3 is 9.84 Å². The van der Waals surface area contributed by atoms with Gasteiger partial charge in [0, 0.05) is 12.6 Å². The van der Waals surface area contributed by atoms with Crippen LogP contribution in [-0.4, -0.2) is 29.7 Å². The molecule has 19 heavy (non-hydrogen) atoms. The van der Waals surface area contributed by atoms with Crippen molar-refractivity contribution in [2.45, 2.75) is 44.7 Å². The van der Waals surface area contributed by atoms with E-state index in [4.69, 9.17) is 4.74 Å². The van der Waals surface area contributed by atoms with Crippen LogP contribution in [0.3, 0.4) is 0 Å². The van der Waals surface area contributed by atoms with Crippen LogP contribution in [0, 0.1) is 5.92 Å². The number of phenolic OH excluding ortho intramolecular Hbond substituents is 1. The molecule has 0 amide bonds. The van der Waals surface area contributed by atoms with Gasteiger partial charge in [0.2, 0.25) is 0 Å². The number of benzene rings is 1. The van der Waals surface area contributed by atoms with E-state index in [-0.39, 0.29) is 5.75 Å². The van der Waals surface area contributed by atoms with E-state index in [1.165, 1.54) is 44.2 Å². The van der Waals surface area contributed by atoms with Crippen molar-refractivity contribution in [1.29, 1.82) is 0 Å². The lowest BCUT2D eigenvalue weighted by atomic mass is 9.91. The Bertz CT molecular complexity index is 446. The first-order valence-electron chi connectivity index (χ1n) is 7.38. The number of likely N-dealkylation sites (tertiary alicyclic amines) is 1. The fourth-order valence-electron chi connectivity index (χ4n) is 3.82. The highest BCUT2D eigenvalue weighted by Gasteiger charge is 2.34. The van der Waals surface area contributed by atoms with Gasteiger partial charge in [-0.1, -0.05) is 12.5 Å². The van der Waals surface area contributed by atoms with Crippen LogP contribution in [0.5, 0.6) is 11.5 Å². The van der Waals surface area contributed by atoms with Crippen LogP contribution in [0.4, 0.5) is 0 Å². The van der Waals surface area contributed by atoms with E-state index in [0.29, 0.717) is 5.75 Å². The molecule has 3 rings (SSSR count). The molecule has 1 aromatic rings. The maximum atomic E-state index is 9.86. The molecule has 1 saturated carbocycles. The maximum absolute atomic E-state index is 9.86. The molecule has 0 radical (unpaired) electrons. The van der Waals surface area contributed by atoms with Crippen molar-refractivity contribution in [3.05, 3.63) is 23.8 Å². The van der Waals surface area contributed by atoms with Gasteiger partial charge in [-0.3, -0.25) is 4.90 Å². The summed E-state index contributed by atoms with van der Waals surface area (Å²) in [6.45, 7) is 2.16. The van der Waals surface area contributed by atoms with Gasteiger partial charge >= 0.3 is 0 Å². The zero-order chi connectivity index (χ0) is 13.2. The number of aromatic hydroxyl groups is 1. The van der Waals surface area contributed by atoms with Gasteiger partial charge in [-0.05, 0) is 55.8 Å². The van der Waals surface area contributed by atoms with E-state index in [2.05, 4.69) is 11.0 Å². The molecule has 1 aliphatic heterocycles. The second-order valence-electron chi connectivity index (χ2n) is 5.88. The van der Waals surface area contributed by atoms with Crippen LogP contribution >= 0.6 is 0 Å². The van der Waals surface area contributed by atoms with Gasteiger partial charge in [0.25, 0.3) is 0 Å². The molecule has 2 atom stereocenters. The Labute approximate surface area is 115 Å². The lowest BCUT2D eigenvalue weighted by Gasteiger charge is -2.37. The molecule has 1 saturated heterocycles. The van der Waals surface area contributed by atoms with Crippen LogP contribution in [0.15, 0.2) is 18.2 Å². The van der Waals surface area contributed by atoms with Crippen LogP contribution in [0.2, 0.25) is 0 Å². The monoisotopic (exact) mass is 261 g/mol. The highest BCUT2D eigenvalue weighted by Crippen LogP contribution is 2.37. The molecule has 1 aromatic carbocycles. The molecule has 3 nitrogen and oxygen atoms in total. The van der Waals surface area contributed by atoms with Gasteiger partial charge in [0.15, 0.2) is 11.5 Å². The number of hydrogen-bond acceptors (Lipinski definition) is 3. The molecule has 2 unspecified atom stereocenters. The number of methoxy groups -OCH3 is 1. The largest absolute Gasteiger partial charge is 0.504 e. The smallest absolute Gasteiger partial charge is 0.160 e. The Hall–Kier alpha value is -1.22. The first kappa shape index (κ1) is 12.8. The van der Waals surface area contributed by atoms with Crippen molar-refractivity contribution in [2.75, 3.05) is 13.7 Å². The Morgan fingerprint density at radius 1 is 1.26 bits per heavy atom. The van der Waals surface area contributed by atoms with Crippen molar-refractivity contribution in [2.24, 2.45) is 5.92 Å². The summed E-state index contributed by atoms with van der Waals surface area (Å²) in [5.41, 5.74) is 1.19. The molecule has 3 heteroatoms. The second kappa shape index (κ2) is 5.41. The molecular formula is C16H23NO2. The van der Waals surface area contributed by atoms with Crippen LogP contribution in [0.25, 0.3) is 0 Å². The standard InChI is InChI=1S/C16H23NO2/c1-19-16-8-7-12(10-15(16)18)11-17-9-3-5-13-4-2-6-14(13)17/h7-8,10,13-14,18H,2-6,9,11H2,1H3. The summed E-state index contributed by atoms with van der Waals surface area (Å²) in [7, 11) is 1.59. The molecule has 2 fully saturated rings. The van der Waals surface area contributed by atoms with Crippen LogP contribution < -0.4 is 4.74 Å². The predicted molar refractivity (Wildman–Crippen MR) is 75.4 cm³/mol. The predicted octanol–water partition coefficient (Wildman–Crippen LogP) is 3.17. The van der Waals surface area contributed by atoms with Crippen LogP contribution in [0.1, 0.15) is 37.7 Å². The molecule has 2 aliphatic rings. The topological polar surface area (TPSA) is 32.7 Å². The summed E-state index contributed by atoms with van der Waals surface area (Å²) >= 11 is 0. The van der Waals surface area contributed by atoms with E-state index >= 15 is 0 Å². The number of piperidine rings is 1. The Kier molecular flexibility index (Phi) is 3.65. The van der Waals surface area contributed by atoms with Crippen molar-refractivity contribution in [3.8, 4) is 11.5 Å². The third-order valence-corrected chi connectivity index (χ3v) is 4.74. The van der Waals surface area contributed by atoms with Gasteiger partial charge in [-0.25, -0.2) is 0 Å². The Balaban J connectivity index is 1.72. The summed E-state index contributed by atoms with van der Waals surface area (Å²) in [4.78, 5) is 2.61. The normalized spacial score (nSPS) is 27.2. The van der Waals surface area contributed by atoms with Gasteiger partial charge in [0.1, 0.15) is 0 Å². The minimum atomic E-state index is 0.250. The first-order chi connectivity index (χ1) is 9.28. The Morgan fingerprint density at radius 2 is 2.11 bits per heavy atom. The van der Waals surface area contributed by atoms with Crippen molar-refractivity contribution >= 4 is 0 Å². The summed E-state index contributed by atoms with van der Waals surface area (Å²) in [6.07, 6.45) is 6.89. The average molecular weight is 261 g/mol. The van der Waals surface area contributed by atoms with E-state index in [0.717, 1.165) is 18.5 Å². The summed E-state index contributed by atoms with van der Waals surface area (Å²) in [6, 6.07) is 6.55.